The summed E-state index contributed by atoms with van der Waals surface area (Å²) in [6.07, 6.45) is 2.15. The van der Waals surface area contributed by atoms with Crippen LogP contribution in [-0.2, 0) is 24.9 Å². The fourth-order valence-electron chi connectivity index (χ4n) is 4.06. The van der Waals surface area contributed by atoms with Gasteiger partial charge in [-0.2, -0.15) is 0 Å². The number of carbonyl (C=O) groups excluding carboxylic acids is 1. The number of nitrogens with zero attached hydrogens (tertiary/aromatic N) is 4. The van der Waals surface area contributed by atoms with Crippen molar-refractivity contribution in [3.05, 3.63) is 73.4 Å². The Bertz CT molecular complexity index is 1520. The van der Waals surface area contributed by atoms with E-state index in [-0.39, 0.29) is 16.4 Å². The highest BCUT2D eigenvalue weighted by atomic mass is 32.1. The molecule has 0 N–H and O–H groups in total. The molecule has 3 heterocycles. The van der Waals surface area contributed by atoms with E-state index < -0.39 is 17.2 Å². The summed E-state index contributed by atoms with van der Waals surface area (Å²) < 4.78 is 2.69. The van der Waals surface area contributed by atoms with E-state index in [1.165, 1.54) is 32.5 Å². The van der Waals surface area contributed by atoms with Crippen LogP contribution in [0.25, 0.3) is 21.1 Å². The fourth-order valence-corrected chi connectivity index (χ4v) is 5.36. The van der Waals surface area contributed by atoms with Crippen molar-refractivity contribution in [3.63, 3.8) is 0 Å². The zero-order valence-electron chi connectivity index (χ0n) is 20.2. The molecule has 0 saturated carbocycles. The Morgan fingerprint density at radius 1 is 1.18 bits per heavy atom. The number of carbonyl (C=O) groups is 1. The van der Waals surface area contributed by atoms with Gasteiger partial charge in [0.2, 0.25) is 0 Å². The molecule has 0 radical (unpaired) electrons. The zero-order chi connectivity index (χ0) is 24.8. The lowest BCUT2D eigenvalue weighted by Gasteiger charge is -2.20. The van der Waals surface area contributed by atoms with E-state index in [1.807, 2.05) is 51.1 Å². The lowest BCUT2D eigenvalue weighted by atomic mass is 9.97. The Labute approximate surface area is 201 Å². The first-order valence-corrected chi connectivity index (χ1v) is 11.7. The van der Waals surface area contributed by atoms with Crippen LogP contribution in [0.2, 0.25) is 0 Å². The molecule has 9 heteroatoms. The topological polar surface area (TPSA) is 86.4 Å². The molecular weight excluding hydrogens is 452 g/mol. The molecule has 0 aliphatic carbocycles. The molecule has 0 aliphatic rings. The van der Waals surface area contributed by atoms with Gasteiger partial charge in [-0.05, 0) is 23.1 Å². The van der Waals surface area contributed by atoms with Crippen molar-refractivity contribution in [3.8, 4) is 0 Å². The minimum absolute atomic E-state index is 0.215. The third-order valence-electron chi connectivity index (χ3n) is 5.74. The summed E-state index contributed by atoms with van der Waals surface area (Å²) in [5, 5.41) is 2.33. The van der Waals surface area contributed by atoms with Gasteiger partial charge in [0.05, 0.1) is 23.6 Å². The molecule has 4 aromatic rings. The molecule has 34 heavy (non-hydrogen) atoms. The van der Waals surface area contributed by atoms with Crippen molar-refractivity contribution in [2.45, 2.75) is 33.7 Å². The van der Waals surface area contributed by atoms with Gasteiger partial charge in [-0.15, -0.1) is 11.3 Å². The second kappa shape index (κ2) is 8.81. The van der Waals surface area contributed by atoms with Crippen LogP contribution in [0.15, 0.2) is 46.1 Å². The SMILES string of the molecule is CON(C)C(=O)c1c(Cc2ccnc3ccccc23)sc2c1c(=O)n(C)c(=O)n2CC(C)(C)C. The predicted molar refractivity (Wildman–Crippen MR) is 134 cm³/mol. The summed E-state index contributed by atoms with van der Waals surface area (Å²) in [7, 11) is 4.36. The Morgan fingerprint density at radius 3 is 2.56 bits per heavy atom. The van der Waals surface area contributed by atoms with Crippen LogP contribution in [0.4, 0.5) is 0 Å². The van der Waals surface area contributed by atoms with Gasteiger partial charge in [-0.3, -0.25) is 28.5 Å². The number of para-hydroxylation sites is 1. The second-order valence-corrected chi connectivity index (χ2v) is 10.6. The minimum atomic E-state index is -0.486. The average molecular weight is 481 g/mol. The summed E-state index contributed by atoms with van der Waals surface area (Å²) in [6.45, 7) is 6.48. The number of hydrogen-bond donors (Lipinski definition) is 0. The molecule has 0 spiro atoms. The fraction of sp³-hybridized carbons (Fsp3) is 0.360. The summed E-state index contributed by atoms with van der Waals surface area (Å²) in [6, 6.07) is 9.71. The van der Waals surface area contributed by atoms with Gasteiger partial charge in [0.1, 0.15) is 4.83 Å². The molecule has 0 unspecified atom stereocenters. The van der Waals surface area contributed by atoms with E-state index in [0.717, 1.165) is 26.1 Å². The van der Waals surface area contributed by atoms with Gasteiger partial charge in [-0.1, -0.05) is 39.0 Å². The van der Waals surface area contributed by atoms with Gasteiger partial charge in [-0.25, -0.2) is 9.86 Å². The highest BCUT2D eigenvalue weighted by Gasteiger charge is 2.29. The molecule has 1 aromatic carbocycles. The number of rotatable bonds is 5. The monoisotopic (exact) mass is 480 g/mol. The van der Waals surface area contributed by atoms with Crippen LogP contribution >= 0.6 is 11.3 Å². The molecule has 0 aliphatic heterocycles. The average Bonchev–Trinajstić information content (AvgIpc) is 3.18. The summed E-state index contributed by atoms with van der Waals surface area (Å²) in [5.41, 5.74) is 1.01. The van der Waals surface area contributed by atoms with Gasteiger partial charge < -0.3 is 0 Å². The number of pyridine rings is 1. The molecule has 0 saturated heterocycles. The first-order chi connectivity index (χ1) is 16.0. The highest BCUT2D eigenvalue weighted by molar-refractivity contribution is 7.19. The maximum atomic E-state index is 13.4. The zero-order valence-corrected chi connectivity index (χ0v) is 21.0. The quantitative estimate of drug-likeness (QED) is 0.408. The van der Waals surface area contributed by atoms with Gasteiger partial charge in [0.15, 0.2) is 0 Å². The van der Waals surface area contributed by atoms with Crippen molar-refractivity contribution < 1.29 is 9.63 Å². The van der Waals surface area contributed by atoms with Crippen LogP contribution in [0, 0.1) is 5.41 Å². The first kappa shape index (κ1) is 23.8. The van der Waals surface area contributed by atoms with E-state index in [1.54, 1.807) is 10.8 Å². The van der Waals surface area contributed by atoms with Crippen molar-refractivity contribution in [1.29, 1.82) is 0 Å². The van der Waals surface area contributed by atoms with Gasteiger partial charge in [0.25, 0.3) is 11.5 Å². The van der Waals surface area contributed by atoms with Gasteiger partial charge in [0, 0.05) is 43.5 Å². The normalized spacial score (nSPS) is 11.9. The Hall–Kier alpha value is -3.30. The molecule has 1 amide bonds. The third-order valence-corrected chi connectivity index (χ3v) is 6.95. The minimum Gasteiger partial charge on any atom is -0.284 e. The van der Waals surface area contributed by atoms with Crippen LogP contribution in [0.1, 0.15) is 41.6 Å². The number of fused-ring (bicyclic) bond motifs is 2. The van der Waals surface area contributed by atoms with Crippen molar-refractivity contribution in [2.75, 3.05) is 14.2 Å². The van der Waals surface area contributed by atoms with Crippen LogP contribution in [-0.4, -0.2) is 39.2 Å². The number of thiophene rings is 1. The summed E-state index contributed by atoms with van der Waals surface area (Å²) in [4.78, 5) is 50.6. The maximum Gasteiger partial charge on any atom is 0.331 e. The summed E-state index contributed by atoms with van der Waals surface area (Å²) >= 11 is 1.31. The van der Waals surface area contributed by atoms with Crippen molar-refractivity contribution in [2.24, 2.45) is 12.5 Å². The van der Waals surface area contributed by atoms with E-state index in [2.05, 4.69) is 4.98 Å². The van der Waals surface area contributed by atoms with Crippen LogP contribution < -0.4 is 11.2 Å². The number of aromatic nitrogens is 3. The highest BCUT2D eigenvalue weighted by Crippen LogP contribution is 2.33. The Kier molecular flexibility index (Phi) is 6.18. The lowest BCUT2D eigenvalue weighted by molar-refractivity contribution is -0.0756. The second-order valence-electron chi connectivity index (χ2n) is 9.52. The smallest absolute Gasteiger partial charge is 0.284 e. The predicted octanol–water partition coefficient (Wildman–Crippen LogP) is 3.58. The standard InChI is InChI=1S/C25H28N4O4S/c1-25(2,3)14-29-23-20(21(30)27(4)24(29)32)19(22(31)28(5)33-6)18(34-23)13-15-11-12-26-17-10-8-7-9-16(15)17/h7-12H,13-14H2,1-6H3. The molecule has 0 fully saturated rings. The van der Waals surface area contributed by atoms with Crippen molar-refractivity contribution >= 4 is 38.4 Å². The Morgan fingerprint density at radius 2 is 1.88 bits per heavy atom. The molecule has 0 bridgehead atoms. The van der Waals surface area contributed by atoms with Gasteiger partial charge >= 0.3 is 5.69 Å². The number of amides is 1. The summed E-state index contributed by atoms with van der Waals surface area (Å²) in [5.74, 6) is -0.430. The first-order valence-electron chi connectivity index (χ1n) is 10.9. The largest absolute Gasteiger partial charge is 0.331 e. The van der Waals surface area contributed by atoms with E-state index in [0.29, 0.717) is 22.7 Å². The van der Waals surface area contributed by atoms with E-state index in [4.69, 9.17) is 4.84 Å². The van der Waals surface area contributed by atoms with Crippen LogP contribution in [0.3, 0.4) is 0 Å². The van der Waals surface area contributed by atoms with E-state index in [9.17, 15) is 14.4 Å². The molecule has 3 aromatic heterocycles. The molecular formula is C25H28N4O4S. The number of hydroxylamine groups is 2. The third kappa shape index (κ3) is 4.17. The molecule has 178 valence electrons. The molecule has 4 rings (SSSR count). The lowest BCUT2D eigenvalue weighted by Crippen LogP contribution is -2.40. The molecule has 8 nitrogen and oxygen atoms in total. The maximum absolute atomic E-state index is 13.4. The number of hydrogen-bond acceptors (Lipinski definition) is 6. The Balaban J connectivity index is 2.05. The molecule has 0 atom stereocenters. The number of benzene rings is 1. The van der Waals surface area contributed by atoms with Crippen LogP contribution in [0.5, 0.6) is 0 Å². The van der Waals surface area contributed by atoms with Crippen molar-refractivity contribution in [1.82, 2.24) is 19.2 Å². The van der Waals surface area contributed by atoms with E-state index >= 15 is 0 Å².